The van der Waals surface area contributed by atoms with Crippen molar-refractivity contribution in [2.24, 2.45) is 5.92 Å². The van der Waals surface area contributed by atoms with Gasteiger partial charge in [-0.1, -0.05) is 12.1 Å². The molecular formula is C18H20BrNO2S2. The molecule has 6 heteroatoms. The summed E-state index contributed by atoms with van der Waals surface area (Å²) in [6.07, 6.45) is 5.02. The van der Waals surface area contributed by atoms with Gasteiger partial charge in [-0.25, -0.2) is 0 Å². The normalized spacial score (nSPS) is 19.5. The summed E-state index contributed by atoms with van der Waals surface area (Å²) in [4.78, 5) is 16.0. The fourth-order valence-electron chi connectivity index (χ4n) is 3.07. The number of nitrogens with zero attached hydrogens (tertiary/aromatic N) is 1. The molecule has 0 amide bonds. The highest BCUT2D eigenvalue weighted by atomic mass is 79.9. The highest BCUT2D eigenvalue weighted by Gasteiger charge is 2.24. The quantitative estimate of drug-likeness (QED) is 0.691. The van der Waals surface area contributed by atoms with Gasteiger partial charge in [0.15, 0.2) is 0 Å². The standard InChI is InChI=1S/C18H20BrNO2S2/c19-15-7-11-24-17(15)14(16-6-3-10-23-16)5-2-9-20-8-1-4-13(12-20)18(21)22/h3,5-7,10-11,13H,1-2,4,8-9,12H2,(H,21,22)/b14-5-. The summed E-state index contributed by atoms with van der Waals surface area (Å²) in [6.45, 7) is 2.61. The lowest BCUT2D eigenvalue weighted by molar-refractivity contribution is -0.143. The highest BCUT2D eigenvalue weighted by Crippen LogP contribution is 2.36. The minimum absolute atomic E-state index is 0.203. The second-order valence-corrected chi connectivity index (χ2v) is 8.68. The zero-order chi connectivity index (χ0) is 16.9. The number of halogens is 1. The average molecular weight is 426 g/mol. The first-order valence-corrected chi connectivity index (χ1v) is 10.6. The maximum absolute atomic E-state index is 11.2. The van der Waals surface area contributed by atoms with Crippen molar-refractivity contribution >= 4 is 50.1 Å². The Kier molecular flexibility index (Phi) is 6.27. The highest BCUT2D eigenvalue weighted by molar-refractivity contribution is 9.10. The SMILES string of the molecule is O=C(O)C1CCCN(CC/C=C(/c2cccs2)c2sccc2Br)C1. The van der Waals surface area contributed by atoms with Crippen LogP contribution in [0, 0.1) is 5.92 Å². The molecule has 1 fully saturated rings. The molecule has 1 aliphatic rings. The molecule has 1 aliphatic heterocycles. The van der Waals surface area contributed by atoms with Gasteiger partial charge in [-0.2, -0.15) is 0 Å². The lowest BCUT2D eigenvalue weighted by Gasteiger charge is -2.30. The number of hydrogen-bond donors (Lipinski definition) is 1. The van der Waals surface area contributed by atoms with Gasteiger partial charge >= 0.3 is 5.97 Å². The largest absolute Gasteiger partial charge is 0.481 e. The van der Waals surface area contributed by atoms with Crippen LogP contribution < -0.4 is 0 Å². The molecule has 1 atom stereocenters. The predicted octanol–water partition coefficient (Wildman–Crippen LogP) is 5.19. The van der Waals surface area contributed by atoms with Gasteiger partial charge in [0.1, 0.15) is 0 Å². The molecule has 1 N–H and O–H groups in total. The van der Waals surface area contributed by atoms with E-state index in [1.54, 1.807) is 22.7 Å². The monoisotopic (exact) mass is 425 g/mol. The number of hydrogen-bond acceptors (Lipinski definition) is 4. The van der Waals surface area contributed by atoms with Crippen molar-refractivity contribution in [2.45, 2.75) is 19.3 Å². The Morgan fingerprint density at radius 3 is 2.92 bits per heavy atom. The van der Waals surface area contributed by atoms with E-state index in [9.17, 15) is 9.90 Å². The second-order valence-electron chi connectivity index (χ2n) is 5.96. The van der Waals surface area contributed by atoms with Crippen LogP contribution in [0.5, 0.6) is 0 Å². The molecule has 3 nitrogen and oxygen atoms in total. The van der Waals surface area contributed by atoms with Crippen molar-refractivity contribution in [3.05, 3.63) is 49.3 Å². The van der Waals surface area contributed by atoms with Crippen molar-refractivity contribution in [2.75, 3.05) is 19.6 Å². The Morgan fingerprint density at radius 1 is 1.38 bits per heavy atom. The van der Waals surface area contributed by atoms with E-state index in [0.29, 0.717) is 6.54 Å². The van der Waals surface area contributed by atoms with Crippen LogP contribution in [0.4, 0.5) is 0 Å². The van der Waals surface area contributed by atoms with Crippen molar-refractivity contribution in [1.29, 1.82) is 0 Å². The van der Waals surface area contributed by atoms with Gasteiger partial charge in [-0.15, -0.1) is 22.7 Å². The van der Waals surface area contributed by atoms with Gasteiger partial charge in [0.2, 0.25) is 0 Å². The van der Waals surface area contributed by atoms with Crippen LogP contribution in [-0.4, -0.2) is 35.6 Å². The van der Waals surface area contributed by atoms with E-state index < -0.39 is 5.97 Å². The fraction of sp³-hybridized carbons (Fsp3) is 0.389. The molecule has 1 unspecified atom stereocenters. The van der Waals surface area contributed by atoms with Gasteiger partial charge in [0, 0.05) is 32.9 Å². The molecule has 1 saturated heterocycles. The molecule has 0 radical (unpaired) electrons. The van der Waals surface area contributed by atoms with Crippen LogP contribution in [0.15, 0.2) is 39.5 Å². The number of carbonyl (C=O) groups is 1. The van der Waals surface area contributed by atoms with E-state index in [2.05, 4.69) is 55.9 Å². The molecule has 2 aromatic rings. The van der Waals surface area contributed by atoms with Gasteiger partial charge < -0.3 is 10.0 Å². The van der Waals surface area contributed by atoms with Gasteiger partial charge in [0.25, 0.3) is 0 Å². The molecular weight excluding hydrogens is 406 g/mol. The molecule has 0 saturated carbocycles. The third-order valence-corrected chi connectivity index (χ3v) is 7.07. The number of carboxylic acid groups (broad SMARTS) is 1. The number of likely N-dealkylation sites (tertiary alicyclic amines) is 1. The van der Waals surface area contributed by atoms with Crippen LogP contribution in [-0.2, 0) is 4.79 Å². The fourth-order valence-corrected chi connectivity index (χ4v) is 5.55. The van der Waals surface area contributed by atoms with Crippen molar-refractivity contribution in [1.82, 2.24) is 4.90 Å². The Balaban J connectivity index is 1.68. The van der Waals surface area contributed by atoms with E-state index in [1.165, 1.54) is 15.3 Å². The molecule has 0 aromatic carbocycles. The maximum Gasteiger partial charge on any atom is 0.307 e. The Labute approximate surface area is 158 Å². The topological polar surface area (TPSA) is 40.5 Å². The summed E-state index contributed by atoms with van der Waals surface area (Å²) >= 11 is 7.14. The summed E-state index contributed by atoms with van der Waals surface area (Å²) in [6, 6.07) is 6.32. The number of rotatable bonds is 6. The number of piperidine rings is 1. The summed E-state index contributed by atoms with van der Waals surface area (Å²) in [7, 11) is 0. The summed E-state index contributed by atoms with van der Waals surface area (Å²) in [5, 5.41) is 13.4. The molecule has 128 valence electrons. The molecule has 3 rings (SSSR count). The molecule has 0 spiro atoms. The first-order valence-electron chi connectivity index (χ1n) is 8.07. The predicted molar refractivity (Wildman–Crippen MR) is 105 cm³/mol. The summed E-state index contributed by atoms with van der Waals surface area (Å²) < 4.78 is 1.14. The van der Waals surface area contributed by atoms with E-state index in [4.69, 9.17) is 0 Å². The lowest BCUT2D eigenvalue weighted by atomic mass is 9.98. The molecule has 0 bridgehead atoms. The van der Waals surface area contributed by atoms with Crippen LogP contribution in [0.25, 0.3) is 5.57 Å². The summed E-state index contributed by atoms with van der Waals surface area (Å²) in [5.41, 5.74) is 1.28. The molecule has 24 heavy (non-hydrogen) atoms. The summed E-state index contributed by atoms with van der Waals surface area (Å²) in [5.74, 6) is -0.858. The van der Waals surface area contributed by atoms with Gasteiger partial charge in [0.05, 0.1) is 5.92 Å². The zero-order valence-corrected chi connectivity index (χ0v) is 16.5. The second kappa shape index (κ2) is 8.43. The van der Waals surface area contributed by atoms with Crippen LogP contribution in [0.1, 0.15) is 29.0 Å². The van der Waals surface area contributed by atoms with Gasteiger partial charge in [-0.05, 0) is 64.6 Å². The third-order valence-electron chi connectivity index (χ3n) is 4.30. The van der Waals surface area contributed by atoms with Crippen LogP contribution >= 0.6 is 38.6 Å². The minimum atomic E-state index is -0.656. The smallest absolute Gasteiger partial charge is 0.307 e. The van der Waals surface area contributed by atoms with E-state index >= 15 is 0 Å². The van der Waals surface area contributed by atoms with Crippen molar-refractivity contribution in [3.63, 3.8) is 0 Å². The first kappa shape index (κ1) is 17.9. The first-order chi connectivity index (χ1) is 11.6. The molecule has 3 heterocycles. The van der Waals surface area contributed by atoms with Crippen LogP contribution in [0.3, 0.4) is 0 Å². The Hall–Kier alpha value is -0.950. The van der Waals surface area contributed by atoms with Crippen molar-refractivity contribution < 1.29 is 9.90 Å². The maximum atomic E-state index is 11.2. The van der Waals surface area contributed by atoms with E-state index in [-0.39, 0.29) is 5.92 Å². The zero-order valence-electron chi connectivity index (χ0n) is 13.3. The average Bonchev–Trinajstić information content (AvgIpc) is 3.24. The lowest BCUT2D eigenvalue weighted by Crippen LogP contribution is -2.39. The van der Waals surface area contributed by atoms with Gasteiger partial charge in [-0.3, -0.25) is 4.79 Å². The number of carboxylic acids is 1. The number of thiophene rings is 2. The van der Waals surface area contributed by atoms with Crippen LogP contribution in [0.2, 0.25) is 0 Å². The van der Waals surface area contributed by atoms with E-state index in [1.807, 2.05) is 0 Å². The Morgan fingerprint density at radius 2 is 2.25 bits per heavy atom. The minimum Gasteiger partial charge on any atom is -0.481 e. The third kappa shape index (κ3) is 4.36. The Bertz CT molecular complexity index is 708. The molecule has 0 aliphatic carbocycles. The molecule has 2 aromatic heterocycles. The van der Waals surface area contributed by atoms with Crippen molar-refractivity contribution in [3.8, 4) is 0 Å². The van der Waals surface area contributed by atoms with E-state index in [0.717, 1.165) is 36.8 Å². The number of aliphatic carboxylic acids is 1.